The minimum absolute atomic E-state index is 0.117. The molecule has 0 radical (unpaired) electrons. The lowest BCUT2D eigenvalue weighted by Gasteiger charge is -2.28. The van der Waals surface area contributed by atoms with Gasteiger partial charge in [0, 0.05) is 5.41 Å². The zero-order valence-corrected chi connectivity index (χ0v) is 6.58. The third-order valence-electron chi connectivity index (χ3n) is 3.17. The Morgan fingerprint density at radius 3 is 2.45 bits per heavy atom. The van der Waals surface area contributed by atoms with E-state index in [1.165, 1.54) is 5.57 Å². The summed E-state index contributed by atoms with van der Waals surface area (Å²) < 4.78 is 0. The first-order chi connectivity index (χ1) is 5.30. The van der Waals surface area contributed by atoms with Crippen LogP contribution in [0.5, 0.6) is 0 Å². The standard InChI is InChI=1S/C9H14O2/c10-5-9(6-11)4-7-1-2-8(9)3-7/h2,7,10-11H,1,3-6H2. The molecule has 0 aliphatic heterocycles. The van der Waals surface area contributed by atoms with Gasteiger partial charge in [-0.15, -0.1) is 0 Å². The van der Waals surface area contributed by atoms with Crippen LogP contribution in [-0.4, -0.2) is 23.4 Å². The van der Waals surface area contributed by atoms with Gasteiger partial charge in [-0.25, -0.2) is 0 Å². The van der Waals surface area contributed by atoms with Gasteiger partial charge < -0.3 is 10.2 Å². The van der Waals surface area contributed by atoms with Gasteiger partial charge in [-0.1, -0.05) is 11.6 Å². The molecule has 1 saturated carbocycles. The number of hydrogen-bond acceptors (Lipinski definition) is 2. The molecule has 2 rings (SSSR count). The molecule has 1 fully saturated rings. The lowest BCUT2D eigenvalue weighted by molar-refractivity contribution is 0.0800. The Hall–Kier alpha value is -0.340. The second-order valence-electron chi connectivity index (χ2n) is 3.84. The molecule has 0 aromatic heterocycles. The Bertz CT molecular complexity index is 192. The number of fused-ring (bicyclic) bond motifs is 2. The quantitative estimate of drug-likeness (QED) is 0.575. The van der Waals surface area contributed by atoms with Crippen LogP contribution >= 0.6 is 0 Å². The van der Waals surface area contributed by atoms with Crippen molar-refractivity contribution in [2.24, 2.45) is 11.3 Å². The lowest BCUT2D eigenvalue weighted by Crippen LogP contribution is -2.29. The van der Waals surface area contributed by atoms with E-state index in [1.54, 1.807) is 0 Å². The SMILES string of the molecule is OCC1(CO)CC2CC=C1C2. The number of hydrogen-bond donors (Lipinski definition) is 2. The van der Waals surface area contributed by atoms with Gasteiger partial charge in [0.15, 0.2) is 0 Å². The Kier molecular flexibility index (Phi) is 1.55. The molecular formula is C9H14O2. The molecule has 0 saturated heterocycles. The molecule has 2 bridgehead atoms. The summed E-state index contributed by atoms with van der Waals surface area (Å²) in [5, 5.41) is 18.3. The molecule has 0 amide bonds. The summed E-state index contributed by atoms with van der Waals surface area (Å²) in [6.07, 6.45) is 5.46. The maximum atomic E-state index is 9.14. The second kappa shape index (κ2) is 2.32. The smallest absolute Gasteiger partial charge is 0.0546 e. The first kappa shape index (κ1) is 7.32. The molecule has 2 N–H and O–H groups in total. The number of aliphatic hydroxyl groups is 2. The van der Waals surface area contributed by atoms with Crippen LogP contribution in [0.3, 0.4) is 0 Å². The van der Waals surface area contributed by atoms with Crippen molar-refractivity contribution < 1.29 is 10.2 Å². The van der Waals surface area contributed by atoms with Crippen LogP contribution < -0.4 is 0 Å². The van der Waals surface area contributed by atoms with Crippen molar-refractivity contribution in [2.45, 2.75) is 19.3 Å². The molecule has 1 atom stereocenters. The Morgan fingerprint density at radius 2 is 2.18 bits per heavy atom. The van der Waals surface area contributed by atoms with Crippen molar-refractivity contribution in [3.8, 4) is 0 Å². The summed E-state index contributed by atoms with van der Waals surface area (Å²) in [4.78, 5) is 0. The van der Waals surface area contributed by atoms with E-state index in [0.717, 1.165) is 19.3 Å². The van der Waals surface area contributed by atoms with Crippen LogP contribution in [-0.2, 0) is 0 Å². The Morgan fingerprint density at radius 1 is 1.45 bits per heavy atom. The largest absolute Gasteiger partial charge is 0.395 e. The molecule has 2 aliphatic rings. The Balaban J connectivity index is 2.26. The minimum Gasteiger partial charge on any atom is -0.395 e. The maximum Gasteiger partial charge on any atom is 0.0546 e. The number of aliphatic hydroxyl groups excluding tert-OH is 2. The molecule has 62 valence electrons. The summed E-state index contributed by atoms with van der Waals surface area (Å²) in [7, 11) is 0. The van der Waals surface area contributed by atoms with Gasteiger partial charge in [-0.3, -0.25) is 0 Å². The fraction of sp³-hybridized carbons (Fsp3) is 0.778. The highest BCUT2D eigenvalue weighted by atomic mass is 16.3. The summed E-state index contributed by atoms with van der Waals surface area (Å²) in [5.74, 6) is 0.712. The van der Waals surface area contributed by atoms with E-state index >= 15 is 0 Å². The molecule has 2 nitrogen and oxygen atoms in total. The second-order valence-corrected chi connectivity index (χ2v) is 3.84. The summed E-state index contributed by atoms with van der Waals surface area (Å²) >= 11 is 0. The van der Waals surface area contributed by atoms with E-state index < -0.39 is 0 Å². The average Bonchev–Trinajstić information content (AvgIpc) is 2.62. The fourth-order valence-corrected chi connectivity index (χ4v) is 2.44. The third-order valence-corrected chi connectivity index (χ3v) is 3.17. The molecule has 11 heavy (non-hydrogen) atoms. The highest BCUT2D eigenvalue weighted by molar-refractivity contribution is 5.26. The van der Waals surface area contributed by atoms with Crippen molar-refractivity contribution in [1.82, 2.24) is 0 Å². The van der Waals surface area contributed by atoms with Crippen molar-refractivity contribution in [2.75, 3.05) is 13.2 Å². The van der Waals surface area contributed by atoms with Crippen LogP contribution in [0.1, 0.15) is 19.3 Å². The zero-order chi connectivity index (χ0) is 7.90. The first-order valence-electron chi connectivity index (χ1n) is 4.22. The summed E-state index contributed by atoms with van der Waals surface area (Å²) in [5.41, 5.74) is 1.07. The van der Waals surface area contributed by atoms with Gasteiger partial charge >= 0.3 is 0 Å². The predicted octanol–water partition coefficient (Wildman–Crippen LogP) is 0.698. The zero-order valence-electron chi connectivity index (χ0n) is 6.58. The van der Waals surface area contributed by atoms with Crippen molar-refractivity contribution >= 4 is 0 Å². The monoisotopic (exact) mass is 154 g/mol. The fourth-order valence-electron chi connectivity index (χ4n) is 2.44. The molecular weight excluding hydrogens is 140 g/mol. The molecule has 0 heterocycles. The minimum atomic E-state index is -0.233. The number of allylic oxidation sites excluding steroid dienone is 1. The maximum absolute atomic E-state index is 9.14. The normalized spacial score (nSPS) is 32.5. The highest BCUT2D eigenvalue weighted by Crippen LogP contribution is 2.51. The topological polar surface area (TPSA) is 40.5 Å². The number of rotatable bonds is 2. The first-order valence-corrected chi connectivity index (χ1v) is 4.22. The molecule has 0 spiro atoms. The molecule has 1 unspecified atom stereocenters. The van der Waals surface area contributed by atoms with Crippen molar-refractivity contribution in [1.29, 1.82) is 0 Å². The van der Waals surface area contributed by atoms with Gasteiger partial charge in [0.1, 0.15) is 0 Å². The van der Waals surface area contributed by atoms with Gasteiger partial charge in [-0.05, 0) is 25.2 Å². The highest BCUT2D eigenvalue weighted by Gasteiger charge is 2.44. The molecule has 2 heteroatoms. The average molecular weight is 154 g/mol. The van der Waals surface area contributed by atoms with E-state index in [4.69, 9.17) is 10.2 Å². The summed E-state index contributed by atoms with van der Waals surface area (Å²) in [6.45, 7) is 0.234. The van der Waals surface area contributed by atoms with E-state index in [-0.39, 0.29) is 18.6 Å². The molecule has 2 aliphatic carbocycles. The third kappa shape index (κ3) is 0.861. The van der Waals surface area contributed by atoms with Crippen molar-refractivity contribution in [3.63, 3.8) is 0 Å². The van der Waals surface area contributed by atoms with Gasteiger partial charge in [0.2, 0.25) is 0 Å². The molecule has 0 aromatic carbocycles. The van der Waals surface area contributed by atoms with Crippen molar-refractivity contribution in [3.05, 3.63) is 11.6 Å². The summed E-state index contributed by atoms with van der Waals surface area (Å²) in [6, 6.07) is 0. The van der Waals surface area contributed by atoms with Crippen LogP contribution in [0.2, 0.25) is 0 Å². The van der Waals surface area contributed by atoms with Gasteiger partial charge in [-0.2, -0.15) is 0 Å². The predicted molar refractivity (Wildman–Crippen MR) is 42.0 cm³/mol. The van der Waals surface area contributed by atoms with Gasteiger partial charge in [0.05, 0.1) is 13.2 Å². The van der Waals surface area contributed by atoms with Crippen LogP contribution in [0.25, 0.3) is 0 Å². The Labute approximate surface area is 66.5 Å². The van der Waals surface area contributed by atoms with E-state index in [1.807, 2.05) is 0 Å². The van der Waals surface area contributed by atoms with E-state index in [9.17, 15) is 0 Å². The van der Waals surface area contributed by atoms with Crippen LogP contribution in [0.4, 0.5) is 0 Å². The van der Waals surface area contributed by atoms with Crippen LogP contribution in [0.15, 0.2) is 11.6 Å². The van der Waals surface area contributed by atoms with Crippen LogP contribution in [0, 0.1) is 11.3 Å². The van der Waals surface area contributed by atoms with E-state index in [0.29, 0.717) is 5.92 Å². The van der Waals surface area contributed by atoms with Gasteiger partial charge in [0.25, 0.3) is 0 Å². The van der Waals surface area contributed by atoms with E-state index in [2.05, 4.69) is 6.08 Å². The lowest BCUT2D eigenvalue weighted by atomic mass is 9.80. The molecule has 0 aromatic rings.